The van der Waals surface area contributed by atoms with E-state index in [1.54, 1.807) is 22.6 Å². The van der Waals surface area contributed by atoms with Crippen molar-refractivity contribution in [1.29, 1.82) is 0 Å². The molecule has 0 amide bonds. The number of alkyl halides is 2. The van der Waals surface area contributed by atoms with Gasteiger partial charge in [-0.1, -0.05) is 0 Å². The molecule has 0 aromatic rings. The molecular weight excluding hydrogens is 317 g/mol. The molecule has 5 heavy (non-hydrogen) atoms. The van der Waals surface area contributed by atoms with Crippen molar-refractivity contribution in [1.82, 2.24) is 0 Å². The van der Waals surface area contributed by atoms with Crippen LogP contribution in [0, 0.1) is 0 Å². The third kappa shape index (κ3) is 5.74. The summed E-state index contributed by atoms with van der Waals surface area (Å²) >= 11 is 3.61. The van der Waals surface area contributed by atoms with Crippen molar-refractivity contribution in [2.45, 2.75) is 3.51 Å². The Balaban J connectivity index is 2.54. The molecule has 0 rings (SSSR count). The maximum Gasteiger partial charge on any atom is 0.205 e. The van der Waals surface area contributed by atoms with Crippen molar-refractivity contribution < 1.29 is 4.39 Å². The SMILES string of the molecule is FC(I)SI. The van der Waals surface area contributed by atoms with Crippen LogP contribution in [0.15, 0.2) is 0 Å². The first-order valence-electron chi connectivity index (χ1n) is 0.826. The summed E-state index contributed by atoms with van der Waals surface area (Å²) in [5, 5.41) is 0. The lowest BCUT2D eigenvalue weighted by molar-refractivity contribution is 0.588. The second-order valence-electron chi connectivity index (χ2n) is 0.350. The Morgan fingerprint density at radius 2 is 2.00 bits per heavy atom. The molecule has 0 saturated carbocycles. The molecule has 0 nitrogen and oxygen atoms in total. The van der Waals surface area contributed by atoms with Crippen LogP contribution >= 0.6 is 52.7 Å². The van der Waals surface area contributed by atoms with E-state index in [9.17, 15) is 4.39 Å². The smallest absolute Gasteiger partial charge is 0.205 e. The highest BCUT2D eigenvalue weighted by Gasteiger charge is 1.90. The lowest BCUT2D eigenvalue weighted by Crippen LogP contribution is -1.62. The van der Waals surface area contributed by atoms with Crippen molar-refractivity contribution in [3.8, 4) is 0 Å². The minimum Gasteiger partial charge on any atom is -0.223 e. The van der Waals surface area contributed by atoms with Crippen LogP contribution in [0.25, 0.3) is 0 Å². The maximum atomic E-state index is 11.4. The maximum absolute atomic E-state index is 11.4. The molecule has 0 bridgehead atoms. The van der Waals surface area contributed by atoms with Gasteiger partial charge in [-0.25, -0.2) is 4.39 Å². The number of halogens is 3. The Kier molecular flexibility index (Phi) is 5.28. The summed E-state index contributed by atoms with van der Waals surface area (Å²) in [4.78, 5) is 0. The van der Waals surface area contributed by atoms with E-state index < -0.39 is 3.51 Å². The van der Waals surface area contributed by atoms with Gasteiger partial charge < -0.3 is 0 Å². The minimum absolute atomic E-state index is 0.742. The molecule has 0 aliphatic rings. The fourth-order valence-electron chi connectivity index (χ4n) is 0. The van der Waals surface area contributed by atoms with E-state index in [0.29, 0.717) is 0 Å². The lowest BCUT2D eigenvalue weighted by Gasteiger charge is -1.81. The van der Waals surface area contributed by atoms with E-state index in [0.717, 1.165) is 0 Å². The molecule has 0 radical (unpaired) electrons. The Hall–Kier alpha value is 1.74. The normalized spacial score (nSPS) is 15.0. The van der Waals surface area contributed by atoms with Gasteiger partial charge in [-0.2, -0.15) is 0 Å². The third-order valence-corrected chi connectivity index (χ3v) is 5.22. The lowest BCUT2D eigenvalue weighted by atomic mass is 11.8. The van der Waals surface area contributed by atoms with Crippen molar-refractivity contribution in [3.05, 3.63) is 0 Å². The van der Waals surface area contributed by atoms with Gasteiger partial charge in [-0.05, 0) is 52.7 Å². The van der Waals surface area contributed by atoms with Gasteiger partial charge in [0.2, 0.25) is 3.51 Å². The highest BCUT2D eigenvalue weighted by molar-refractivity contribution is 14.2. The molecule has 0 heterocycles. The summed E-state index contributed by atoms with van der Waals surface area (Å²) in [6.07, 6.45) is 0. The second kappa shape index (κ2) is 3.91. The fraction of sp³-hybridized carbons (Fsp3) is 1.00. The topological polar surface area (TPSA) is 0 Å². The molecule has 0 aliphatic heterocycles. The predicted molar refractivity (Wildman–Crippen MR) is 40.5 cm³/mol. The largest absolute Gasteiger partial charge is 0.223 e. The van der Waals surface area contributed by atoms with Crippen LogP contribution in [0.1, 0.15) is 0 Å². The molecule has 32 valence electrons. The monoisotopic (exact) mass is 318 g/mol. The van der Waals surface area contributed by atoms with Gasteiger partial charge in [0.05, 0.1) is 0 Å². The summed E-state index contributed by atoms with van der Waals surface area (Å²) in [5.74, 6) is 0. The van der Waals surface area contributed by atoms with Crippen LogP contribution in [0.5, 0.6) is 0 Å². The average Bonchev–Trinajstić information content (AvgIpc) is 1.38. The van der Waals surface area contributed by atoms with E-state index in [2.05, 4.69) is 0 Å². The van der Waals surface area contributed by atoms with Gasteiger partial charge in [-0.15, -0.1) is 0 Å². The summed E-state index contributed by atoms with van der Waals surface area (Å²) in [7, 11) is 1.17. The van der Waals surface area contributed by atoms with Gasteiger partial charge in [0.15, 0.2) is 0 Å². The van der Waals surface area contributed by atoms with Crippen LogP contribution < -0.4 is 0 Å². The Morgan fingerprint density at radius 1 is 1.80 bits per heavy atom. The van der Waals surface area contributed by atoms with Crippen molar-refractivity contribution in [2.24, 2.45) is 0 Å². The molecule has 4 heteroatoms. The van der Waals surface area contributed by atoms with Gasteiger partial charge in [0.1, 0.15) is 0 Å². The van der Waals surface area contributed by atoms with E-state index in [1.165, 1.54) is 8.93 Å². The Labute approximate surface area is 60.0 Å². The van der Waals surface area contributed by atoms with Crippen LogP contribution in [0.4, 0.5) is 4.39 Å². The first-order valence-corrected chi connectivity index (χ1v) is 5.49. The zero-order valence-corrected chi connectivity index (χ0v) is 7.25. The number of hydrogen-bond donors (Lipinski definition) is 0. The quantitative estimate of drug-likeness (QED) is 0.529. The molecule has 0 aliphatic carbocycles. The standard InChI is InChI=1S/CHFI2S/c2-1(3)5-4/h1H. The van der Waals surface area contributed by atoms with Crippen LogP contribution in [0.2, 0.25) is 0 Å². The number of rotatable bonds is 1. The molecule has 0 N–H and O–H groups in total. The average molecular weight is 318 g/mol. The zero-order valence-electron chi connectivity index (χ0n) is 2.12. The van der Waals surface area contributed by atoms with Gasteiger partial charge in [-0.3, -0.25) is 0 Å². The summed E-state index contributed by atoms with van der Waals surface area (Å²) in [6.45, 7) is 0. The molecule has 0 spiro atoms. The second-order valence-corrected chi connectivity index (χ2v) is 4.41. The highest BCUT2D eigenvalue weighted by Crippen LogP contribution is 2.25. The highest BCUT2D eigenvalue weighted by atomic mass is 127. The van der Waals surface area contributed by atoms with Gasteiger partial charge >= 0.3 is 0 Å². The fourth-order valence-corrected chi connectivity index (χ4v) is 0. The summed E-state index contributed by atoms with van der Waals surface area (Å²) < 4.78 is 10.6. The third-order valence-electron chi connectivity index (χ3n) is 0.0673. The van der Waals surface area contributed by atoms with E-state index in [4.69, 9.17) is 0 Å². The molecule has 1 atom stereocenters. The number of hydrogen-bond acceptors (Lipinski definition) is 1. The molecule has 0 aromatic heterocycles. The molecule has 1 unspecified atom stereocenters. The van der Waals surface area contributed by atoms with Crippen molar-refractivity contribution >= 4 is 52.7 Å². The van der Waals surface area contributed by atoms with Crippen molar-refractivity contribution in [3.63, 3.8) is 0 Å². The minimum atomic E-state index is -0.742. The van der Waals surface area contributed by atoms with E-state index >= 15 is 0 Å². The van der Waals surface area contributed by atoms with E-state index in [-0.39, 0.29) is 0 Å². The molecule has 0 fully saturated rings. The van der Waals surface area contributed by atoms with Crippen LogP contribution in [-0.4, -0.2) is 3.51 Å². The molecule has 0 saturated heterocycles. The van der Waals surface area contributed by atoms with Crippen molar-refractivity contribution in [2.75, 3.05) is 0 Å². The van der Waals surface area contributed by atoms with Gasteiger partial charge in [0.25, 0.3) is 0 Å². The van der Waals surface area contributed by atoms with Crippen LogP contribution in [-0.2, 0) is 0 Å². The predicted octanol–water partition coefficient (Wildman–Crippen LogP) is 2.76. The Bertz CT molecular complexity index is 23.6. The first kappa shape index (κ1) is 6.74. The van der Waals surface area contributed by atoms with Gasteiger partial charge in [0, 0.05) is 0 Å². The zero-order chi connectivity index (χ0) is 4.28. The summed E-state index contributed by atoms with van der Waals surface area (Å²) in [6, 6.07) is 0. The Morgan fingerprint density at radius 3 is 2.00 bits per heavy atom. The molecular formula is CHFI2S. The molecule has 0 aromatic carbocycles. The van der Waals surface area contributed by atoms with Crippen LogP contribution in [0.3, 0.4) is 0 Å². The first-order chi connectivity index (χ1) is 2.27. The summed E-state index contributed by atoms with van der Waals surface area (Å²) in [5.41, 5.74) is 0. The van der Waals surface area contributed by atoms with E-state index in [1.807, 2.05) is 21.2 Å².